The van der Waals surface area contributed by atoms with Crippen LogP contribution in [0.15, 0.2) is 54.7 Å². The van der Waals surface area contributed by atoms with Crippen molar-refractivity contribution in [2.75, 3.05) is 62.1 Å². The molecule has 2 heterocycles. The number of nitrogens with one attached hydrogen (secondary N) is 1. The third-order valence-corrected chi connectivity index (χ3v) is 6.20. The summed E-state index contributed by atoms with van der Waals surface area (Å²) in [5.41, 5.74) is 3.86. The first-order valence-corrected chi connectivity index (χ1v) is 12.0. The minimum atomic E-state index is -0.313. The molecule has 3 N–H and O–H groups in total. The number of amides is 2. The van der Waals surface area contributed by atoms with Crippen molar-refractivity contribution in [2.45, 2.75) is 6.92 Å². The van der Waals surface area contributed by atoms with E-state index >= 15 is 0 Å². The zero-order valence-electron chi connectivity index (χ0n) is 21.1. The number of nitrogens with zero attached hydrogens (tertiary/aromatic N) is 4. The number of pyridine rings is 1. The molecule has 0 saturated carbocycles. The molecule has 1 aliphatic heterocycles. The quantitative estimate of drug-likeness (QED) is 0.406. The molecule has 0 spiro atoms. The maximum Gasteiger partial charge on any atom is 0.260 e. The van der Waals surface area contributed by atoms with E-state index in [4.69, 9.17) is 4.74 Å². The Balaban J connectivity index is 1.67. The number of para-hydroxylation sites is 1. The van der Waals surface area contributed by atoms with Crippen molar-refractivity contribution in [2.24, 2.45) is 0 Å². The van der Waals surface area contributed by atoms with Gasteiger partial charge < -0.3 is 35.0 Å². The molecule has 1 aliphatic rings. The number of aliphatic hydroxyl groups is 2. The highest BCUT2D eigenvalue weighted by Gasteiger charge is 2.28. The topological polar surface area (TPSA) is 118 Å². The van der Waals surface area contributed by atoms with Crippen LogP contribution in [0.25, 0.3) is 0 Å². The van der Waals surface area contributed by atoms with Gasteiger partial charge in [0.25, 0.3) is 11.8 Å². The molecule has 2 amide bonds. The van der Waals surface area contributed by atoms with Gasteiger partial charge in [-0.1, -0.05) is 12.1 Å². The van der Waals surface area contributed by atoms with Crippen molar-refractivity contribution in [1.82, 2.24) is 9.88 Å². The predicted molar refractivity (Wildman–Crippen MR) is 142 cm³/mol. The van der Waals surface area contributed by atoms with Crippen LogP contribution in [-0.2, 0) is 0 Å². The number of ether oxygens (including phenoxy) is 1. The minimum absolute atomic E-state index is 0.112. The van der Waals surface area contributed by atoms with Gasteiger partial charge in [0.2, 0.25) is 0 Å². The molecule has 0 atom stereocenters. The summed E-state index contributed by atoms with van der Waals surface area (Å²) < 4.78 is 5.81. The van der Waals surface area contributed by atoms with Crippen LogP contribution in [0.4, 0.5) is 28.6 Å². The number of rotatable bonds is 9. The molecule has 0 unspecified atom stereocenters. The first kappa shape index (κ1) is 25.9. The van der Waals surface area contributed by atoms with Gasteiger partial charge in [0, 0.05) is 38.8 Å². The molecule has 37 heavy (non-hydrogen) atoms. The van der Waals surface area contributed by atoms with E-state index < -0.39 is 0 Å². The largest absolute Gasteiger partial charge is 0.492 e. The highest BCUT2D eigenvalue weighted by Crippen LogP contribution is 2.40. The molecule has 194 valence electrons. The standard InChI is InChI=1S/C27H31N5O5/c1-4-37-24-15-18(26(35)32(11-13-33)12-14-34)9-10-20(24)29-25-16-22-23(17-28-25)31(3)27(36)19-7-5-6-8-21(19)30(22)2/h5-10,15-17,33-34H,4,11-14H2,1-3H3,(H,28,29). The predicted octanol–water partition coefficient (Wildman–Crippen LogP) is 3.01. The number of aromatic nitrogens is 1. The van der Waals surface area contributed by atoms with Crippen molar-refractivity contribution < 1.29 is 24.5 Å². The van der Waals surface area contributed by atoms with E-state index in [2.05, 4.69) is 10.3 Å². The molecule has 1 aromatic heterocycles. The van der Waals surface area contributed by atoms with Crippen molar-refractivity contribution in [1.29, 1.82) is 0 Å². The van der Waals surface area contributed by atoms with Gasteiger partial charge in [0.05, 0.1) is 54.3 Å². The lowest BCUT2D eigenvalue weighted by atomic mass is 10.1. The Morgan fingerprint density at radius 1 is 1.00 bits per heavy atom. The minimum Gasteiger partial charge on any atom is -0.492 e. The van der Waals surface area contributed by atoms with E-state index in [9.17, 15) is 19.8 Å². The number of hydrogen-bond donors (Lipinski definition) is 3. The molecule has 4 rings (SSSR count). The van der Waals surface area contributed by atoms with Crippen LogP contribution < -0.4 is 19.9 Å². The summed E-state index contributed by atoms with van der Waals surface area (Å²) in [6, 6.07) is 14.3. The van der Waals surface area contributed by atoms with E-state index in [0.717, 1.165) is 11.4 Å². The Hall–Kier alpha value is -4.15. The summed E-state index contributed by atoms with van der Waals surface area (Å²) >= 11 is 0. The molecular weight excluding hydrogens is 474 g/mol. The highest BCUT2D eigenvalue weighted by molar-refractivity contribution is 6.13. The normalized spacial score (nSPS) is 12.5. The molecule has 3 aromatic rings. The monoisotopic (exact) mass is 505 g/mol. The van der Waals surface area contributed by atoms with E-state index in [1.54, 1.807) is 36.3 Å². The van der Waals surface area contributed by atoms with E-state index in [1.807, 2.05) is 49.2 Å². The third-order valence-electron chi connectivity index (χ3n) is 6.20. The van der Waals surface area contributed by atoms with Crippen LogP contribution in [0.5, 0.6) is 5.75 Å². The second-order valence-electron chi connectivity index (χ2n) is 8.51. The third kappa shape index (κ3) is 5.20. The average Bonchev–Trinajstić information content (AvgIpc) is 2.99. The fraction of sp³-hybridized carbons (Fsp3) is 0.296. The smallest absolute Gasteiger partial charge is 0.260 e. The fourth-order valence-corrected chi connectivity index (χ4v) is 4.31. The number of aliphatic hydroxyl groups excluding tert-OH is 2. The van der Waals surface area contributed by atoms with Crippen LogP contribution in [0.2, 0.25) is 0 Å². The molecule has 0 aliphatic carbocycles. The first-order valence-electron chi connectivity index (χ1n) is 12.0. The van der Waals surface area contributed by atoms with Gasteiger partial charge in [-0.3, -0.25) is 9.59 Å². The average molecular weight is 506 g/mol. The molecule has 0 saturated heterocycles. The van der Waals surface area contributed by atoms with Gasteiger partial charge in [-0.05, 0) is 37.3 Å². The zero-order valence-corrected chi connectivity index (χ0v) is 21.1. The Morgan fingerprint density at radius 3 is 2.43 bits per heavy atom. The van der Waals surface area contributed by atoms with E-state index in [-0.39, 0.29) is 38.1 Å². The van der Waals surface area contributed by atoms with Gasteiger partial charge in [-0.25, -0.2) is 4.98 Å². The van der Waals surface area contributed by atoms with Gasteiger partial charge in [-0.2, -0.15) is 0 Å². The number of carbonyl (C=O) groups excluding carboxylic acids is 2. The molecule has 0 bridgehead atoms. The van der Waals surface area contributed by atoms with Crippen molar-refractivity contribution in [3.8, 4) is 5.75 Å². The lowest BCUT2D eigenvalue weighted by molar-refractivity contribution is 0.0684. The summed E-state index contributed by atoms with van der Waals surface area (Å²) in [5, 5.41) is 21.8. The van der Waals surface area contributed by atoms with Crippen LogP contribution >= 0.6 is 0 Å². The maximum absolute atomic E-state index is 13.0. The maximum atomic E-state index is 13.0. The number of anilines is 5. The lowest BCUT2D eigenvalue weighted by Gasteiger charge is -2.23. The number of carbonyl (C=O) groups is 2. The van der Waals surface area contributed by atoms with Crippen LogP contribution in [0, 0.1) is 0 Å². The fourth-order valence-electron chi connectivity index (χ4n) is 4.31. The van der Waals surface area contributed by atoms with E-state index in [0.29, 0.717) is 40.7 Å². The first-order chi connectivity index (χ1) is 17.9. The molecule has 0 fully saturated rings. The second-order valence-corrected chi connectivity index (χ2v) is 8.51. The van der Waals surface area contributed by atoms with Crippen molar-refractivity contribution in [3.05, 3.63) is 65.9 Å². The Morgan fingerprint density at radius 2 is 1.73 bits per heavy atom. The highest BCUT2D eigenvalue weighted by atomic mass is 16.5. The van der Waals surface area contributed by atoms with Crippen molar-refractivity contribution in [3.63, 3.8) is 0 Å². The summed E-state index contributed by atoms with van der Waals surface area (Å²) in [7, 11) is 3.64. The lowest BCUT2D eigenvalue weighted by Crippen LogP contribution is -2.35. The summed E-state index contributed by atoms with van der Waals surface area (Å²) in [5.74, 6) is 0.572. The van der Waals surface area contributed by atoms with E-state index in [1.165, 1.54) is 4.90 Å². The molecule has 2 aromatic carbocycles. The number of hydrogen-bond acceptors (Lipinski definition) is 8. The Kier molecular flexibility index (Phi) is 7.90. The van der Waals surface area contributed by atoms with Crippen LogP contribution in [-0.4, -0.2) is 78.9 Å². The zero-order chi connectivity index (χ0) is 26.5. The van der Waals surface area contributed by atoms with Gasteiger partial charge >= 0.3 is 0 Å². The van der Waals surface area contributed by atoms with Crippen molar-refractivity contribution >= 4 is 40.4 Å². The summed E-state index contributed by atoms with van der Waals surface area (Å²) in [4.78, 5) is 35.4. The summed E-state index contributed by atoms with van der Waals surface area (Å²) in [6.45, 7) is 2.07. The Bertz CT molecular complexity index is 1290. The summed E-state index contributed by atoms with van der Waals surface area (Å²) in [6.07, 6.45) is 1.65. The SMILES string of the molecule is CCOc1cc(C(=O)N(CCO)CCO)ccc1Nc1cc2c(cn1)N(C)C(=O)c1ccccc1N2C. The van der Waals surface area contributed by atoms with Crippen LogP contribution in [0.3, 0.4) is 0 Å². The Labute approximate surface area is 215 Å². The molecular formula is C27H31N5O5. The van der Waals surface area contributed by atoms with Gasteiger partial charge in [0.1, 0.15) is 11.6 Å². The molecule has 0 radical (unpaired) electrons. The van der Waals surface area contributed by atoms with Gasteiger partial charge in [-0.15, -0.1) is 0 Å². The van der Waals surface area contributed by atoms with Crippen LogP contribution in [0.1, 0.15) is 27.6 Å². The molecule has 10 heteroatoms. The number of benzene rings is 2. The number of fused-ring (bicyclic) bond motifs is 2. The molecule has 10 nitrogen and oxygen atoms in total. The second kappa shape index (κ2) is 11.3. The van der Waals surface area contributed by atoms with Gasteiger partial charge in [0.15, 0.2) is 0 Å².